The Labute approximate surface area is 166 Å². The second-order valence-electron chi connectivity index (χ2n) is 5.61. The fourth-order valence-electron chi connectivity index (χ4n) is 2.49. The largest absolute Gasteiger partial charge is 0.490 e. The number of terminal acetylenes is 1. The van der Waals surface area contributed by atoms with E-state index in [1.807, 2.05) is 31.2 Å². The molecule has 0 amide bonds. The van der Waals surface area contributed by atoms with Gasteiger partial charge in [-0.3, -0.25) is 0 Å². The summed E-state index contributed by atoms with van der Waals surface area (Å²) in [5, 5.41) is 10.1. The Morgan fingerprint density at radius 1 is 1.29 bits per heavy atom. The van der Waals surface area contributed by atoms with E-state index >= 15 is 0 Å². The summed E-state index contributed by atoms with van der Waals surface area (Å²) in [6.45, 7) is 2.42. The summed E-state index contributed by atoms with van der Waals surface area (Å²) in [7, 11) is 0. The van der Waals surface area contributed by atoms with Gasteiger partial charge in [-0.1, -0.05) is 24.1 Å². The van der Waals surface area contributed by atoms with Gasteiger partial charge in [-0.05, 0) is 54.6 Å². The van der Waals surface area contributed by atoms with Crippen LogP contribution in [0.5, 0.6) is 11.5 Å². The van der Waals surface area contributed by atoms with Gasteiger partial charge in [0.2, 0.25) is 0 Å². The Bertz CT molecular complexity index is 1030. The number of hydrogen-bond donors (Lipinski definition) is 2. The number of ether oxygens (including phenoxy) is 2. The molecule has 0 saturated carbocycles. The summed E-state index contributed by atoms with van der Waals surface area (Å²) >= 11 is 1.05. The van der Waals surface area contributed by atoms with Crippen molar-refractivity contribution >= 4 is 34.8 Å². The van der Waals surface area contributed by atoms with E-state index < -0.39 is 5.97 Å². The van der Waals surface area contributed by atoms with Crippen LogP contribution >= 0.6 is 11.8 Å². The van der Waals surface area contributed by atoms with Crippen LogP contribution in [-0.4, -0.2) is 34.3 Å². The Morgan fingerprint density at radius 2 is 2.11 bits per heavy atom. The Kier molecular flexibility index (Phi) is 6.25. The molecule has 0 saturated heterocycles. The molecular weight excluding hydrogens is 376 g/mol. The first kappa shape index (κ1) is 19.4. The number of fused-ring (bicyclic) bond motifs is 1. The fraction of sp³-hybridized carbons (Fsp3) is 0.143. The molecule has 0 radical (unpaired) electrons. The third kappa shape index (κ3) is 4.67. The summed E-state index contributed by atoms with van der Waals surface area (Å²) < 4.78 is 11.0. The van der Waals surface area contributed by atoms with E-state index in [1.54, 1.807) is 24.3 Å². The molecule has 7 heteroatoms. The Morgan fingerprint density at radius 3 is 2.82 bits per heavy atom. The van der Waals surface area contributed by atoms with Gasteiger partial charge >= 0.3 is 5.97 Å². The molecule has 2 N–H and O–H groups in total. The van der Waals surface area contributed by atoms with E-state index in [1.165, 1.54) is 0 Å². The number of carbonyl (C=O) groups is 1. The number of aromatic nitrogens is 2. The minimum atomic E-state index is -1.05. The number of H-pyrrole nitrogens is 1. The number of aromatic amines is 1. The van der Waals surface area contributed by atoms with E-state index in [0.717, 1.165) is 22.8 Å². The van der Waals surface area contributed by atoms with Crippen LogP contribution in [0.25, 0.3) is 17.1 Å². The highest BCUT2D eigenvalue weighted by Gasteiger charge is 2.14. The molecule has 28 heavy (non-hydrogen) atoms. The number of aliphatic carboxylic acids is 1. The van der Waals surface area contributed by atoms with E-state index in [-0.39, 0.29) is 11.5 Å². The van der Waals surface area contributed by atoms with Gasteiger partial charge in [0, 0.05) is 0 Å². The fourth-order valence-corrected chi connectivity index (χ4v) is 3.29. The molecule has 0 spiro atoms. The third-order valence-corrected chi connectivity index (χ3v) is 4.56. The average molecular weight is 394 g/mol. The zero-order valence-electron chi connectivity index (χ0n) is 15.1. The van der Waals surface area contributed by atoms with E-state index in [9.17, 15) is 9.90 Å². The molecule has 0 fully saturated rings. The molecule has 0 bridgehead atoms. The molecule has 0 atom stereocenters. The maximum Gasteiger partial charge on any atom is 0.342 e. The van der Waals surface area contributed by atoms with Crippen molar-refractivity contribution in [2.75, 3.05) is 13.2 Å². The van der Waals surface area contributed by atoms with Crippen LogP contribution in [0.15, 0.2) is 52.5 Å². The number of rotatable bonds is 8. The Balaban J connectivity index is 1.89. The number of nitrogens with one attached hydrogen (secondary N) is 1. The molecule has 3 rings (SSSR count). The smallest absolute Gasteiger partial charge is 0.342 e. The van der Waals surface area contributed by atoms with Gasteiger partial charge in [-0.2, -0.15) is 0 Å². The average Bonchev–Trinajstić information content (AvgIpc) is 3.09. The summed E-state index contributed by atoms with van der Waals surface area (Å²) in [4.78, 5) is 19.4. The van der Waals surface area contributed by atoms with Crippen molar-refractivity contribution in [3.63, 3.8) is 0 Å². The monoisotopic (exact) mass is 394 g/mol. The molecular formula is C21H18N2O4S. The molecule has 3 aromatic rings. The van der Waals surface area contributed by atoms with Crippen molar-refractivity contribution in [2.45, 2.75) is 12.1 Å². The molecule has 1 heterocycles. The lowest BCUT2D eigenvalue weighted by Gasteiger charge is -2.11. The summed E-state index contributed by atoms with van der Waals surface area (Å²) in [6, 6.07) is 12.7. The summed E-state index contributed by atoms with van der Waals surface area (Å²) in [5.74, 6) is 2.38. The van der Waals surface area contributed by atoms with Crippen LogP contribution in [0.1, 0.15) is 12.5 Å². The van der Waals surface area contributed by atoms with Crippen LogP contribution in [0.2, 0.25) is 0 Å². The predicted octanol–water partition coefficient (Wildman–Crippen LogP) is 4.19. The molecule has 1 aromatic heterocycles. The maximum absolute atomic E-state index is 11.7. The number of carboxylic acids is 1. The highest BCUT2D eigenvalue weighted by atomic mass is 32.2. The molecule has 0 unspecified atom stereocenters. The topological polar surface area (TPSA) is 84.4 Å². The summed E-state index contributed by atoms with van der Waals surface area (Å²) in [5.41, 5.74) is 2.30. The van der Waals surface area contributed by atoms with Crippen molar-refractivity contribution in [1.82, 2.24) is 9.97 Å². The molecule has 6 nitrogen and oxygen atoms in total. The third-order valence-electron chi connectivity index (χ3n) is 3.66. The highest BCUT2D eigenvalue weighted by Crippen LogP contribution is 2.32. The number of carboxylic acid groups (broad SMARTS) is 1. The molecule has 2 aromatic carbocycles. The van der Waals surface area contributed by atoms with Crippen LogP contribution in [0.3, 0.4) is 0 Å². The standard InChI is InChI=1S/C21H18N2O4S/c1-3-11-27-17-10-9-14(12-18(17)26-4-2)13-19(20(24)25)28-21-22-15-7-5-6-8-16(15)23-21/h1,5-10,12-13H,4,11H2,2H3,(H,22,23)(H,24,25)/b19-13-. The van der Waals surface area contributed by atoms with E-state index in [2.05, 4.69) is 15.9 Å². The number of hydrogen-bond acceptors (Lipinski definition) is 5. The van der Waals surface area contributed by atoms with Crippen molar-refractivity contribution in [3.8, 4) is 23.8 Å². The normalized spacial score (nSPS) is 11.2. The van der Waals surface area contributed by atoms with Crippen molar-refractivity contribution in [1.29, 1.82) is 0 Å². The first-order chi connectivity index (χ1) is 13.6. The minimum Gasteiger partial charge on any atom is -0.490 e. The van der Waals surface area contributed by atoms with Gasteiger partial charge < -0.3 is 19.6 Å². The van der Waals surface area contributed by atoms with Crippen LogP contribution in [0.4, 0.5) is 0 Å². The lowest BCUT2D eigenvalue weighted by Crippen LogP contribution is -2.00. The van der Waals surface area contributed by atoms with Gasteiger partial charge in [0.15, 0.2) is 16.7 Å². The number of benzene rings is 2. The second-order valence-corrected chi connectivity index (χ2v) is 6.64. The number of thioether (sulfide) groups is 1. The van der Waals surface area contributed by atoms with Gasteiger partial charge in [-0.15, -0.1) is 6.42 Å². The number of imidazole rings is 1. The first-order valence-corrected chi connectivity index (χ1v) is 9.33. The lowest BCUT2D eigenvalue weighted by atomic mass is 10.2. The molecule has 0 aliphatic rings. The van der Waals surface area contributed by atoms with Crippen LogP contribution in [0, 0.1) is 12.3 Å². The summed E-state index contributed by atoms with van der Waals surface area (Å²) in [6.07, 6.45) is 6.79. The van der Waals surface area contributed by atoms with Gasteiger partial charge in [0.1, 0.15) is 11.5 Å². The number of nitrogens with zero attached hydrogens (tertiary/aromatic N) is 1. The minimum absolute atomic E-state index is 0.123. The SMILES string of the molecule is C#CCOc1ccc(/C=C(\Sc2nc3ccccc3[nH]2)C(=O)O)cc1OCC. The van der Waals surface area contributed by atoms with Gasteiger partial charge in [0.25, 0.3) is 0 Å². The first-order valence-electron chi connectivity index (χ1n) is 8.51. The molecule has 0 aliphatic carbocycles. The number of para-hydroxylation sites is 2. The van der Waals surface area contributed by atoms with Crippen molar-refractivity contribution in [2.24, 2.45) is 0 Å². The second kappa shape index (κ2) is 9.02. The maximum atomic E-state index is 11.7. The van der Waals surface area contributed by atoms with Gasteiger partial charge in [-0.25, -0.2) is 9.78 Å². The highest BCUT2D eigenvalue weighted by molar-refractivity contribution is 8.04. The zero-order valence-corrected chi connectivity index (χ0v) is 16.0. The van der Waals surface area contributed by atoms with Crippen LogP contribution < -0.4 is 9.47 Å². The van der Waals surface area contributed by atoms with Crippen molar-refractivity contribution in [3.05, 3.63) is 52.9 Å². The Hall–Kier alpha value is -3.37. The van der Waals surface area contributed by atoms with E-state index in [0.29, 0.717) is 28.8 Å². The van der Waals surface area contributed by atoms with Crippen LogP contribution in [-0.2, 0) is 4.79 Å². The molecule has 142 valence electrons. The lowest BCUT2D eigenvalue weighted by molar-refractivity contribution is -0.131. The van der Waals surface area contributed by atoms with E-state index in [4.69, 9.17) is 15.9 Å². The predicted molar refractivity (Wildman–Crippen MR) is 110 cm³/mol. The van der Waals surface area contributed by atoms with Crippen molar-refractivity contribution < 1.29 is 19.4 Å². The quantitative estimate of drug-likeness (QED) is 0.339. The molecule has 0 aliphatic heterocycles. The van der Waals surface area contributed by atoms with Gasteiger partial charge in [0.05, 0.1) is 17.6 Å². The zero-order chi connectivity index (χ0) is 19.9.